The Labute approximate surface area is 87.0 Å². The molecule has 0 radical (unpaired) electrons. The molecular formula is C10H13N3S. The molecule has 0 saturated carbocycles. The molecule has 14 heavy (non-hydrogen) atoms. The molecule has 1 atom stereocenters. The van der Waals surface area contributed by atoms with Crippen molar-refractivity contribution < 1.29 is 0 Å². The molecule has 0 fully saturated rings. The van der Waals surface area contributed by atoms with Gasteiger partial charge in [-0.25, -0.2) is 4.98 Å². The lowest BCUT2D eigenvalue weighted by Crippen LogP contribution is -2.21. The monoisotopic (exact) mass is 207 g/mol. The van der Waals surface area contributed by atoms with Crippen LogP contribution in [-0.4, -0.2) is 16.0 Å². The van der Waals surface area contributed by atoms with Gasteiger partial charge in [0, 0.05) is 18.7 Å². The maximum atomic E-state index is 5.88. The van der Waals surface area contributed by atoms with Crippen molar-refractivity contribution in [2.75, 3.05) is 0 Å². The van der Waals surface area contributed by atoms with Crippen molar-refractivity contribution in [3.63, 3.8) is 0 Å². The zero-order valence-electron chi connectivity index (χ0n) is 8.10. The molecule has 4 heteroatoms. The highest BCUT2D eigenvalue weighted by Gasteiger charge is 2.06. The highest BCUT2D eigenvalue weighted by Crippen LogP contribution is 2.21. The summed E-state index contributed by atoms with van der Waals surface area (Å²) < 4.78 is 1.19. The summed E-state index contributed by atoms with van der Waals surface area (Å²) in [7, 11) is 0. The lowest BCUT2D eigenvalue weighted by atomic mass is 10.2. The SMILES string of the molecule is CCC(N)Cc1nc2cnccc2s1. The van der Waals surface area contributed by atoms with Crippen LogP contribution in [-0.2, 0) is 6.42 Å². The Morgan fingerprint density at radius 3 is 3.14 bits per heavy atom. The number of nitrogens with zero attached hydrogens (tertiary/aromatic N) is 2. The van der Waals surface area contributed by atoms with E-state index in [0.717, 1.165) is 23.4 Å². The Morgan fingerprint density at radius 2 is 2.43 bits per heavy atom. The van der Waals surface area contributed by atoms with E-state index in [1.165, 1.54) is 4.70 Å². The van der Waals surface area contributed by atoms with Gasteiger partial charge in [0.15, 0.2) is 0 Å². The van der Waals surface area contributed by atoms with Crippen LogP contribution in [0.25, 0.3) is 10.2 Å². The quantitative estimate of drug-likeness (QED) is 0.837. The summed E-state index contributed by atoms with van der Waals surface area (Å²) in [5.74, 6) is 0. The van der Waals surface area contributed by atoms with Crippen LogP contribution in [0.1, 0.15) is 18.4 Å². The van der Waals surface area contributed by atoms with E-state index in [1.54, 1.807) is 23.7 Å². The molecular weight excluding hydrogens is 194 g/mol. The second kappa shape index (κ2) is 4.02. The second-order valence-electron chi connectivity index (χ2n) is 3.32. The average Bonchev–Trinajstić information content (AvgIpc) is 2.59. The summed E-state index contributed by atoms with van der Waals surface area (Å²) in [4.78, 5) is 8.52. The Bertz CT molecular complexity index is 391. The highest BCUT2D eigenvalue weighted by atomic mass is 32.1. The van der Waals surface area contributed by atoms with Crippen LogP contribution >= 0.6 is 11.3 Å². The number of pyridine rings is 1. The first-order valence-electron chi connectivity index (χ1n) is 4.74. The normalized spacial score (nSPS) is 13.3. The van der Waals surface area contributed by atoms with E-state index in [2.05, 4.69) is 16.9 Å². The van der Waals surface area contributed by atoms with Crippen LogP contribution in [0.5, 0.6) is 0 Å². The molecule has 2 aromatic heterocycles. The predicted octanol–water partition coefficient (Wildman–Crippen LogP) is 1.97. The largest absolute Gasteiger partial charge is 0.327 e. The minimum absolute atomic E-state index is 0.225. The summed E-state index contributed by atoms with van der Waals surface area (Å²) in [5.41, 5.74) is 6.86. The van der Waals surface area contributed by atoms with Crippen molar-refractivity contribution in [3.8, 4) is 0 Å². The third-order valence-corrected chi connectivity index (χ3v) is 3.25. The van der Waals surface area contributed by atoms with Gasteiger partial charge in [0.1, 0.15) is 0 Å². The molecule has 0 amide bonds. The topological polar surface area (TPSA) is 51.8 Å². The van der Waals surface area contributed by atoms with Crippen molar-refractivity contribution in [1.82, 2.24) is 9.97 Å². The number of aromatic nitrogens is 2. The molecule has 3 nitrogen and oxygen atoms in total. The number of hydrogen-bond donors (Lipinski definition) is 1. The van der Waals surface area contributed by atoms with Gasteiger partial charge < -0.3 is 5.73 Å². The summed E-state index contributed by atoms with van der Waals surface area (Å²) in [6.45, 7) is 2.10. The van der Waals surface area contributed by atoms with Crippen LogP contribution in [0.3, 0.4) is 0 Å². The van der Waals surface area contributed by atoms with Crippen molar-refractivity contribution in [2.24, 2.45) is 5.73 Å². The van der Waals surface area contributed by atoms with E-state index in [-0.39, 0.29) is 6.04 Å². The third-order valence-electron chi connectivity index (χ3n) is 2.20. The van der Waals surface area contributed by atoms with Gasteiger partial charge in [-0.3, -0.25) is 4.98 Å². The molecule has 2 rings (SSSR count). The molecule has 2 N–H and O–H groups in total. The fourth-order valence-corrected chi connectivity index (χ4v) is 2.31. The second-order valence-corrected chi connectivity index (χ2v) is 4.44. The molecule has 2 heterocycles. The standard InChI is InChI=1S/C10H13N3S/c1-2-7(11)5-10-13-8-6-12-4-3-9(8)14-10/h3-4,6-7H,2,5,11H2,1H3. The molecule has 0 saturated heterocycles. The van der Waals surface area contributed by atoms with Crippen molar-refractivity contribution in [1.29, 1.82) is 0 Å². The predicted molar refractivity (Wildman–Crippen MR) is 59.4 cm³/mol. The molecule has 0 bridgehead atoms. The third kappa shape index (κ3) is 1.91. The van der Waals surface area contributed by atoms with Crippen LogP contribution in [0, 0.1) is 0 Å². The first-order chi connectivity index (χ1) is 6.79. The Hall–Kier alpha value is -1.00. The van der Waals surface area contributed by atoms with Crippen LogP contribution < -0.4 is 5.73 Å². The van der Waals surface area contributed by atoms with Gasteiger partial charge in [-0.15, -0.1) is 11.3 Å². The minimum atomic E-state index is 0.225. The lowest BCUT2D eigenvalue weighted by molar-refractivity contribution is 0.645. The summed E-state index contributed by atoms with van der Waals surface area (Å²) in [5, 5.41) is 1.11. The summed E-state index contributed by atoms with van der Waals surface area (Å²) in [6, 6.07) is 2.22. The zero-order chi connectivity index (χ0) is 9.97. The smallest absolute Gasteiger partial charge is 0.0998 e. The summed E-state index contributed by atoms with van der Waals surface area (Å²) in [6.07, 6.45) is 5.46. The minimum Gasteiger partial charge on any atom is -0.327 e. The van der Waals surface area contributed by atoms with Gasteiger partial charge in [0.2, 0.25) is 0 Å². The Balaban J connectivity index is 2.27. The maximum absolute atomic E-state index is 5.88. The fourth-order valence-electron chi connectivity index (χ4n) is 1.28. The van der Waals surface area contributed by atoms with Crippen molar-refractivity contribution >= 4 is 21.6 Å². The Kier molecular flexibility index (Phi) is 2.74. The van der Waals surface area contributed by atoms with Gasteiger partial charge in [0.05, 0.1) is 21.4 Å². The molecule has 2 aromatic rings. The highest BCUT2D eigenvalue weighted by molar-refractivity contribution is 7.18. The number of thiazole rings is 1. The van der Waals surface area contributed by atoms with Crippen molar-refractivity contribution in [3.05, 3.63) is 23.5 Å². The van der Waals surface area contributed by atoms with E-state index in [1.807, 2.05) is 6.07 Å². The van der Waals surface area contributed by atoms with Crippen LogP contribution in [0.4, 0.5) is 0 Å². The molecule has 0 aliphatic heterocycles. The molecule has 0 spiro atoms. The lowest BCUT2D eigenvalue weighted by Gasteiger charge is -2.03. The first kappa shape index (κ1) is 9.55. The number of fused-ring (bicyclic) bond motifs is 1. The maximum Gasteiger partial charge on any atom is 0.0998 e. The summed E-state index contributed by atoms with van der Waals surface area (Å²) >= 11 is 1.71. The van der Waals surface area contributed by atoms with Gasteiger partial charge in [-0.05, 0) is 12.5 Å². The van der Waals surface area contributed by atoms with Crippen LogP contribution in [0.2, 0.25) is 0 Å². The fraction of sp³-hybridized carbons (Fsp3) is 0.400. The Morgan fingerprint density at radius 1 is 1.57 bits per heavy atom. The van der Waals surface area contributed by atoms with E-state index in [9.17, 15) is 0 Å². The molecule has 0 aliphatic rings. The molecule has 74 valence electrons. The van der Waals surface area contributed by atoms with Gasteiger partial charge >= 0.3 is 0 Å². The first-order valence-corrected chi connectivity index (χ1v) is 5.56. The van der Waals surface area contributed by atoms with Crippen molar-refractivity contribution in [2.45, 2.75) is 25.8 Å². The molecule has 0 aromatic carbocycles. The van der Waals surface area contributed by atoms with Crippen LogP contribution in [0.15, 0.2) is 18.5 Å². The van der Waals surface area contributed by atoms with E-state index >= 15 is 0 Å². The number of nitrogens with two attached hydrogens (primary N) is 1. The van der Waals surface area contributed by atoms with E-state index in [4.69, 9.17) is 5.73 Å². The molecule has 0 aliphatic carbocycles. The van der Waals surface area contributed by atoms with Gasteiger partial charge in [-0.2, -0.15) is 0 Å². The van der Waals surface area contributed by atoms with Gasteiger partial charge in [0.25, 0.3) is 0 Å². The number of hydrogen-bond acceptors (Lipinski definition) is 4. The number of rotatable bonds is 3. The van der Waals surface area contributed by atoms with E-state index in [0.29, 0.717) is 0 Å². The van der Waals surface area contributed by atoms with Gasteiger partial charge in [-0.1, -0.05) is 6.92 Å². The average molecular weight is 207 g/mol. The molecule has 1 unspecified atom stereocenters. The zero-order valence-corrected chi connectivity index (χ0v) is 8.92. The van der Waals surface area contributed by atoms with E-state index < -0.39 is 0 Å².